The monoisotopic (exact) mass is 411 g/mol. The number of carbonyl (C=O) groups is 1. The second-order valence-corrected chi connectivity index (χ2v) is 8.54. The number of pyridine rings is 1. The standard InChI is InChI=1S/C21H21N3O4S/c1-24(2)29(26,27)18-12-10-17(11-13-18)21(25)23-20-19(9-6-14-22-20)28-15-16-7-4-3-5-8-16/h3-14H,15H2,1-2H3,(H,22,23,25). The number of hydrogen-bond acceptors (Lipinski definition) is 5. The number of aromatic nitrogens is 1. The molecular formula is C21H21N3O4S. The lowest BCUT2D eigenvalue weighted by Gasteiger charge is -2.13. The highest BCUT2D eigenvalue weighted by Gasteiger charge is 2.18. The van der Waals surface area contributed by atoms with Gasteiger partial charge in [0.25, 0.3) is 5.91 Å². The van der Waals surface area contributed by atoms with E-state index in [1.807, 2.05) is 30.3 Å². The minimum absolute atomic E-state index is 0.115. The molecule has 0 bridgehead atoms. The number of anilines is 1. The minimum Gasteiger partial charge on any atom is -0.485 e. The molecule has 7 nitrogen and oxygen atoms in total. The molecule has 2 aromatic carbocycles. The molecule has 29 heavy (non-hydrogen) atoms. The van der Waals surface area contributed by atoms with Crippen LogP contribution in [0.5, 0.6) is 5.75 Å². The molecule has 3 rings (SSSR count). The molecule has 1 N–H and O–H groups in total. The van der Waals surface area contributed by atoms with Crippen molar-refractivity contribution in [3.8, 4) is 5.75 Å². The smallest absolute Gasteiger partial charge is 0.256 e. The lowest BCUT2D eigenvalue weighted by Crippen LogP contribution is -2.22. The van der Waals surface area contributed by atoms with E-state index in [0.29, 0.717) is 23.7 Å². The molecule has 0 unspecified atom stereocenters. The summed E-state index contributed by atoms with van der Waals surface area (Å²) in [6, 6.07) is 18.8. The lowest BCUT2D eigenvalue weighted by molar-refractivity contribution is 0.102. The number of amides is 1. The second-order valence-electron chi connectivity index (χ2n) is 6.39. The molecule has 3 aromatic rings. The van der Waals surface area contributed by atoms with Crippen molar-refractivity contribution in [2.24, 2.45) is 0 Å². The molecule has 0 fully saturated rings. The van der Waals surface area contributed by atoms with Gasteiger partial charge >= 0.3 is 0 Å². The molecular weight excluding hydrogens is 390 g/mol. The number of hydrogen-bond donors (Lipinski definition) is 1. The zero-order valence-electron chi connectivity index (χ0n) is 16.1. The molecule has 0 aliphatic heterocycles. The van der Waals surface area contributed by atoms with E-state index in [4.69, 9.17) is 4.74 Å². The molecule has 1 heterocycles. The predicted octanol–water partition coefficient (Wildman–Crippen LogP) is 3.16. The third-order valence-corrected chi connectivity index (χ3v) is 5.96. The summed E-state index contributed by atoms with van der Waals surface area (Å²) in [6.07, 6.45) is 1.55. The average Bonchev–Trinajstić information content (AvgIpc) is 2.74. The van der Waals surface area contributed by atoms with Gasteiger partial charge < -0.3 is 10.1 Å². The van der Waals surface area contributed by atoms with Crippen LogP contribution in [-0.4, -0.2) is 37.7 Å². The first kappa shape index (κ1) is 20.5. The predicted molar refractivity (Wildman–Crippen MR) is 110 cm³/mol. The average molecular weight is 411 g/mol. The van der Waals surface area contributed by atoms with E-state index >= 15 is 0 Å². The van der Waals surface area contributed by atoms with Crippen LogP contribution in [0.1, 0.15) is 15.9 Å². The number of sulfonamides is 1. The van der Waals surface area contributed by atoms with Crippen LogP contribution >= 0.6 is 0 Å². The van der Waals surface area contributed by atoms with Gasteiger partial charge in [0.1, 0.15) is 6.61 Å². The van der Waals surface area contributed by atoms with Gasteiger partial charge in [0.15, 0.2) is 11.6 Å². The van der Waals surface area contributed by atoms with Crippen LogP contribution < -0.4 is 10.1 Å². The van der Waals surface area contributed by atoms with Crippen molar-refractivity contribution in [2.45, 2.75) is 11.5 Å². The van der Waals surface area contributed by atoms with Crippen LogP contribution in [0.2, 0.25) is 0 Å². The highest BCUT2D eigenvalue weighted by molar-refractivity contribution is 7.89. The van der Waals surface area contributed by atoms with Gasteiger partial charge in [0.2, 0.25) is 10.0 Å². The van der Waals surface area contributed by atoms with Crippen molar-refractivity contribution < 1.29 is 17.9 Å². The SMILES string of the molecule is CN(C)S(=O)(=O)c1ccc(C(=O)Nc2ncccc2OCc2ccccc2)cc1. The van der Waals surface area contributed by atoms with Crippen LogP contribution in [0.15, 0.2) is 77.8 Å². The number of carbonyl (C=O) groups excluding carboxylic acids is 1. The van der Waals surface area contributed by atoms with Crippen molar-refractivity contribution in [3.05, 3.63) is 84.1 Å². The number of benzene rings is 2. The maximum atomic E-state index is 12.6. The van der Waals surface area contributed by atoms with Crippen molar-refractivity contribution >= 4 is 21.7 Å². The first-order valence-corrected chi connectivity index (χ1v) is 10.3. The summed E-state index contributed by atoms with van der Waals surface area (Å²) in [4.78, 5) is 16.9. The van der Waals surface area contributed by atoms with Gasteiger partial charge in [-0.3, -0.25) is 4.79 Å². The number of rotatable bonds is 7. The van der Waals surface area contributed by atoms with E-state index in [1.54, 1.807) is 18.3 Å². The molecule has 0 saturated heterocycles. The maximum absolute atomic E-state index is 12.6. The Labute approximate surface area is 170 Å². The number of ether oxygens (including phenoxy) is 1. The highest BCUT2D eigenvalue weighted by atomic mass is 32.2. The quantitative estimate of drug-likeness (QED) is 0.645. The van der Waals surface area contributed by atoms with E-state index in [9.17, 15) is 13.2 Å². The van der Waals surface area contributed by atoms with Crippen molar-refractivity contribution in [1.82, 2.24) is 9.29 Å². The van der Waals surface area contributed by atoms with Crippen LogP contribution in [0.4, 0.5) is 5.82 Å². The van der Waals surface area contributed by atoms with Crippen LogP contribution in [0.25, 0.3) is 0 Å². The third-order valence-electron chi connectivity index (χ3n) is 4.13. The highest BCUT2D eigenvalue weighted by Crippen LogP contribution is 2.23. The molecule has 0 atom stereocenters. The molecule has 8 heteroatoms. The van der Waals surface area contributed by atoms with E-state index in [2.05, 4.69) is 10.3 Å². The maximum Gasteiger partial charge on any atom is 0.256 e. The summed E-state index contributed by atoms with van der Waals surface area (Å²) < 4.78 is 31.2. The van der Waals surface area contributed by atoms with Crippen LogP contribution in [0.3, 0.4) is 0 Å². The first-order valence-electron chi connectivity index (χ1n) is 8.83. The van der Waals surface area contributed by atoms with Crippen LogP contribution in [-0.2, 0) is 16.6 Å². The van der Waals surface area contributed by atoms with Gasteiger partial charge in [-0.25, -0.2) is 17.7 Å². The summed E-state index contributed by atoms with van der Waals surface area (Å²) in [5, 5.41) is 2.71. The van der Waals surface area contributed by atoms with Gasteiger partial charge in [0, 0.05) is 25.9 Å². The Bertz CT molecular complexity index is 1080. The molecule has 1 amide bonds. The van der Waals surface area contributed by atoms with Crippen molar-refractivity contribution in [1.29, 1.82) is 0 Å². The zero-order valence-corrected chi connectivity index (χ0v) is 16.9. The Kier molecular flexibility index (Phi) is 6.26. The largest absolute Gasteiger partial charge is 0.485 e. The Morgan fingerprint density at radius 3 is 2.34 bits per heavy atom. The van der Waals surface area contributed by atoms with E-state index in [-0.39, 0.29) is 4.90 Å². The molecule has 0 saturated carbocycles. The second kappa shape index (κ2) is 8.85. The third kappa shape index (κ3) is 4.98. The zero-order chi connectivity index (χ0) is 20.9. The van der Waals surface area contributed by atoms with Crippen LogP contribution in [0, 0.1) is 0 Å². The molecule has 0 aliphatic carbocycles. The Hall–Kier alpha value is -3.23. The topological polar surface area (TPSA) is 88.6 Å². The number of nitrogens with one attached hydrogen (secondary N) is 1. The Morgan fingerprint density at radius 1 is 1.00 bits per heavy atom. The summed E-state index contributed by atoms with van der Waals surface area (Å²) in [5.41, 5.74) is 1.30. The summed E-state index contributed by atoms with van der Waals surface area (Å²) in [6.45, 7) is 0.340. The molecule has 0 radical (unpaired) electrons. The van der Waals surface area contributed by atoms with Gasteiger partial charge in [-0.05, 0) is 42.0 Å². The fourth-order valence-electron chi connectivity index (χ4n) is 2.51. The molecule has 0 aliphatic rings. The fourth-order valence-corrected chi connectivity index (χ4v) is 3.41. The molecule has 150 valence electrons. The number of nitrogens with zero attached hydrogens (tertiary/aromatic N) is 2. The van der Waals surface area contributed by atoms with Gasteiger partial charge in [0.05, 0.1) is 4.90 Å². The lowest BCUT2D eigenvalue weighted by atomic mass is 10.2. The first-order chi connectivity index (χ1) is 13.9. The van der Waals surface area contributed by atoms with Gasteiger partial charge in [-0.15, -0.1) is 0 Å². The summed E-state index contributed by atoms with van der Waals surface area (Å²) in [5.74, 6) is 0.317. The molecule has 1 aromatic heterocycles. The normalized spacial score (nSPS) is 11.3. The van der Waals surface area contributed by atoms with Crippen molar-refractivity contribution in [3.63, 3.8) is 0 Å². The Morgan fingerprint density at radius 2 is 1.69 bits per heavy atom. The van der Waals surface area contributed by atoms with Crippen molar-refractivity contribution in [2.75, 3.05) is 19.4 Å². The fraction of sp³-hybridized carbons (Fsp3) is 0.143. The van der Waals surface area contributed by atoms with E-state index < -0.39 is 15.9 Å². The van der Waals surface area contributed by atoms with Gasteiger partial charge in [-0.2, -0.15) is 0 Å². The van der Waals surface area contributed by atoms with E-state index in [1.165, 1.54) is 38.4 Å². The minimum atomic E-state index is -3.55. The Balaban J connectivity index is 1.72. The molecule has 0 spiro atoms. The summed E-state index contributed by atoms with van der Waals surface area (Å²) >= 11 is 0. The van der Waals surface area contributed by atoms with Gasteiger partial charge in [-0.1, -0.05) is 30.3 Å². The summed E-state index contributed by atoms with van der Waals surface area (Å²) in [7, 11) is -0.645. The van der Waals surface area contributed by atoms with E-state index in [0.717, 1.165) is 9.87 Å².